The van der Waals surface area contributed by atoms with Crippen LogP contribution >= 0.6 is 0 Å². The Bertz CT molecular complexity index is 946. The van der Waals surface area contributed by atoms with Crippen LogP contribution in [0.25, 0.3) is 22.3 Å². The number of benzene rings is 2. The number of amides is 1. The van der Waals surface area contributed by atoms with Crippen LogP contribution in [0.2, 0.25) is 0 Å². The molecule has 0 saturated heterocycles. The second-order valence-electron chi connectivity index (χ2n) is 7.78. The van der Waals surface area contributed by atoms with Gasteiger partial charge < -0.3 is 10.1 Å². The van der Waals surface area contributed by atoms with Gasteiger partial charge in [0.1, 0.15) is 5.60 Å². The Hall–Kier alpha value is -3.14. The molecule has 0 aliphatic carbocycles. The number of pyridine rings is 1. The average molecular weight is 374 g/mol. The van der Waals surface area contributed by atoms with Crippen LogP contribution in [0.3, 0.4) is 0 Å². The van der Waals surface area contributed by atoms with E-state index in [1.807, 2.05) is 58.0 Å². The van der Waals surface area contributed by atoms with Crippen LogP contribution in [0.5, 0.6) is 0 Å². The van der Waals surface area contributed by atoms with Gasteiger partial charge in [0.25, 0.3) is 0 Å². The highest BCUT2D eigenvalue weighted by Crippen LogP contribution is 2.27. The summed E-state index contributed by atoms with van der Waals surface area (Å²) in [5.41, 5.74) is 4.76. The van der Waals surface area contributed by atoms with Gasteiger partial charge in [-0.1, -0.05) is 48.5 Å². The molecule has 0 radical (unpaired) electrons. The molecule has 1 amide bonds. The van der Waals surface area contributed by atoms with Gasteiger partial charge in [0.2, 0.25) is 0 Å². The number of ether oxygens (including phenoxy) is 1. The lowest BCUT2D eigenvalue weighted by atomic mass is 9.99. The summed E-state index contributed by atoms with van der Waals surface area (Å²) in [5, 5.41) is 2.84. The van der Waals surface area contributed by atoms with Crippen LogP contribution in [0.15, 0.2) is 72.9 Å². The number of hydrogen-bond donors (Lipinski definition) is 1. The second kappa shape index (κ2) is 8.26. The Morgan fingerprint density at radius 1 is 0.893 bits per heavy atom. The molecule has 3 aromatic rings. The quantitative estimate of drug-likeness (QED) is 0.609. The maximum absolute atomic E-state index is 12.0. The highest BCUT2D eigenvalue weighted by atomic mass is 16.6. The molecule has 1 atom stereocenters. The molecule has 1 aromatic heterocycles. The standard InChI is InChI=1S/C24H26N2O2/c1-17(26-23(27)28-24(2,3)4)22-16-21(13-14-25-22)20-12-8-11-19(15-20)18-9-6-5-7-10-18/h5-17H,1-4H3,(H,26,27). The largest absolute Gasteiger partial charge is 0.444 e. The van der Waals surface area contributed by atoms with E-state index in [1.165, 1.54) is 5.56 Å². The number of nitrogens with one attached hydrogen (secondary N) is 1. The zero-order valence-corrected chi connectivity index (χ0v) is 16.8. The van der Waals surface area contributed by atoms with Crippen LogP contribution in [0.1, 0.15) is 39.4 Å². The van der Waals surface area contributed by atoms with Gasteiger partial charge in [-0.15, -0.1) is 0 Å². The van der Waals surface area contributed by atoms with E-state index in [0.29, 0.717) is 0 Å². The van der Waals surface area contributed by atoms with Crippen molar-refractivity contribution in [2.75, 3.05) is 0 Å². The van der Waals surface area contributed by atoms with Crippen molar-refractivity contribution in [2.24, 2.45) is 0 Å². The van der Waals surface area contributed by atoms with Crippen molar-refractivity contribution >= 4 is 6.09 Å². The normalized spacial score (nSPS) is 12.3. The van der Waals surface area contributed by atoms with E-state index in [2.05, 4.69) is 46.7 Å². The molecule has 4 heteroatoms. The van der Waals surface area contributed by atoms with Crippen molar-refractivity contribution < 1.29 is 9.53 Å². The molecule has 0 aliphatic rings. The first-order chi connectivity index (χ1) is 13.3. The van der Waals surface area contributed by atoms with Crippen LogP contribution in [-0.2, 0) is 4.74 Å². The molecule has 144 valence electrons. The topological polar surface area (TPSA) is 51.2 Å². The Morgan fingerprint density at radius 2 is 1.50 bits per heavy atom. The van der Waals surface area contributed by atoms with Crippen LogP contribution in [0.4, 0.5) is 4.79 Å². The first kappa shape index (κ1) is 19.6. The molecule has 1 N–H and O–H groups in total. The monoisotopic (exact) mass is 374 g/mol. The van der Waals surface area contributed by atoms with E-state index in [-0.39, 0.29) is 6.04 Å². The van der Waals surface area contributed by atoms with E-state index in [1.54, 1.807) is 6.20 Å². The van der Waals surface area contributed by atoms with E-state index < -0.39 is 11.7 Å². The highest BCUT2D eigenvalue weighted by molar-refractivity contribution is 5.73. The molecule has 28 heavy (non-hydrogen) atoms. The third kappa shape index (κ3) is 5.19. The Morgan fingerprint density at radius 3 is 2.18 bits per heavy atom. The van der Waals surface area contributed by atoms with Gasteiger partial charge in [0.15, 0.2) is 0 Å². The smallest absolute Gasteiger partial charge is 0.408 e. The third-order valence-electron chi connectivity index (χ3n) is 4.26. The number of alkyl carbamates (subject to hydrolysis) is 1. The first-order valence-electron chi connectivity index (χ1n) is 9.43. The Kier molecular flexibility index (Phi) is 5.78. The maximum Gasteiger partial charge on any atom is 0.408 e. The Labute approximate surface area is 166 Å². The molecule has 2 aromatic carbocycles. The average Bonchev–Trinajstić information content (AvgIpc) is 2.67. The summed E-state index contributed by atoms with van der Waals surface area (Å²) in [6.45, 7) is 7.43. The van der Waals surface area contributed by atoms with Gasteiger partial charge in [0, 0.05) is 6.20 Å². The van der Waals surface area contributed by atoms with Gasteiger partial charge in [-0.3, -0.25) is 4.98 Å². The maximum atomic E-state index is 12.0. The highest BCUT2D eigenvalue weighted by Gasteiger charge is 2.19. The van der Waals surface area contributed by atoms with E-state index in [0.717, 1.165) is 22.4 Å². The lowest BCUT2D eigenvalue weighted by Crippen LogP contribution is -2.34. The van der Waals surface area contributed by atoms with E-state index in [4.69, 9.17) is 4.74 Å². The summed E-state index contributed by atoms with van der Waals surface area (Å²) in [6, 6.07) is 22.4. The van der Waals surface area contributed by atoms with Crippen LogP contribution in [0, 0.1) is 0 Å². The molecule has 3 rings (SSSR count). The summed E-state index contributed by atoms with van der Waals surface area (Å²) in [5.74, 6) is 0. The van der Waals surface area contributed by atoms with Crippen molar-refractivity contribution in [1.82, 2.24) is 10.3 Å². The minimum absolute atomic E-state index is 0.257. The van der Waals surface area contributed by atoms with Crippen molar-refractivity contribution in [3.8, 4) is 22.3 Å². The number of aromatic nitrogens is 1. The lowest BCUT2D eigenvalue weighted by molar-refractivity contribution is 0.0507. The van der Waals surface area contributed by atoms with E-state index in [9.17, 15) is 4.79 Å². The molecule has 0 bridgehead atoms. The number of carbonyl (C=O) groups is 1. The number of hydrogen-bond acceptors (Lipinski definition) is 3. The second-order valence-corrected chi connectivity index (χ2v) is 7.78. The summed E-state index contributed by atoms with van der Waals surface area (Å²) in [6.07, 6.45) is 1.32. The van der Waals surface area contributed by atoms with Gasteiger partial charge in [-0.25, -0.2) is 4.79 Å². The van der Waals surface area contributed by atoms with Gasteiger partial charge in [-0.05, 0) is 68.1 Å². The molecule has 0 fully saturated rings. The zero-order valence-electron chi connectivity index (χ0n) is 16.8. The Balaban J connectivity index is 1.81. The SMILES string of the molecule is CC(NC(=O)OC(C)(C)C)c1cc(-c2cccc(-c3ccccc3)c2)ccn1. The molecular weight excluding hydrogens is 348 g/mol. The molecule has 0 aliphatic heterocycles. The molecule has 1 unspecified atom stereocenters. The summed E-state index contributed by atoms with van der Waals surface area (Å²) < 4.78 is 5.33. The minimum atomic E-state index is -0.531. The summed E-state index contributed by atoms with van der Waals surface area (Å²) >= 11 is 0. The van der Waals surface area contributed by atoms with Gasteiger partial charge in [-0.2, -0.15) is 0 Å². The van der Waals surface area contributed by atoms with E-state index >= 15 is 0 Å². The number of rotatable bonds is 4. The lowest BCUT2D eigenvalue weighted by Gasteiger charge is -2.22. The predicted octanol–water partition coefficient (Wildman–Crippen LogP) is 6.00. The van der Waals surface area contributed by atoms with Crippen LogP contribution in [-0.4, -0.2) is 16.7 Å². The fourth-order valence-corrected chi connectivity index (χ4v) is 2.93. The first-order valence-corrected chi connectivity index (χ1v) is 9.43. The van der Waals surface area contributed by atoms with Crippen LogP contribution < -0.4 is 5.32 Å². The molecule has 0 saturated carbocycles. The van der Waals surface area contributed by atoms with Crippen molar-refractivity contribution in [1.29, 1.82) is 0 Å². The molecular formula is C24H26N2O2. The zero-order chi connectivity index (χ0) is 20.1. The van der Waals surface area contributed by atoms with Crippen molar-refractivity contribution in [3.05, 3.63) is 78.6 Å². The summed E-state index contributed by atoms with van der Waals surface area (Å²) in [4.78, 5) is 16.5. The third-order valence-corrected chi connectivity index (χ3v) is 4.26. The summed E-state index contributed by atoms with van der Waals surface area (Å²) in [7, 11) is 0. The molecule has 0 spiro atoms. The van der Waals surface area contributed by atoms with Gasteiger partial charge in [0.05, 0.1) is 11.7 Å². The van der Waals surface area contributed by atoms with Gasteiger partial charge >= 0.3 is 6.09 Å². The van der Waals surface area contributed by atoms with Crippen molar-refractivity contribution in [2.45, 2.75) is 39.3 Å². The molecule has 4 nitrogen and oxygen atoms in total. The fraction of sp³-hybridized carbons (Fsp3) is 0.250. The number of nitrogens with zero attached hydrogens (tertiary/aromatic N) is 1. The predicted molar refractivity (Wildman–Crippen MR) is 113 cm³/mol. The fourth-order valence-electron chi connectivity index (χ4n) is 2.93. The van der Waals surface area contributed by atoms with Crippen molar-refractivity contribution in [3.63, 3.8) is 0 Å². The number of carbonyl (C=O) groups excluding carboxylic acids is 1. The minimum Gasteiger partial charge on any atom is -0.444 e. The molecule has 1 heterocycles.